The van der Waals surface area contributed by atoms with E-state index in [9.17, 15) is 29.7 Å². The summed E-state index contributed by atoms with van der Waals surface area (Å²) in [6.45, 7) is 0.695. The number of carbonyl (C=O) groups is 3. The molecule has 0 unspecified atom stereocenters. The number of esters is 2. The summed E-state index contributed by atoms with van der Waals surface area (Å²) in [5.41, 5.74) is 0.0159. The summed E-state index contributed by atoms with van der Waals surface area (Å²) < 4.78 is 17.1. The number of aliphatic carboxylic acids is 1. The van der Waals surface area contributed by atoms with Crippen molar-refractivity contribution in [3.05, 3.63) is 71.0 Å². The average molecular weight is 552 g/mol. The summed E-state index contributed by atoms with van der Waals surface area (Å²) in [5, 5.41) is 32.2. The number of benzene rings is 2. The number of phenolic OH excluding ortho intramolecular Hbond substituents is 1. The van der Waals surface area contributed by atoms with E-state index in [1.54, 1.807) is 30.3 Å². The van der Waals surface area contributed by atoms with E-state index in [0.29, 0.717) is 30.7 Å². The lowest BCUT2D eigenvalue weighted by molar-refractivity contribution is -0.170. The second-order valence-electron chi connectivity index (χ2n) is 10.7. The highest BCUT2D eigenvalue weighted by atomic mass is 16.6. The third kappa shape index (κ3) is 3.97. The van der Waals surface area contributed by atoms with Crippen molar-refractivity contribution in [1.29, 1.82) is 0 Å². The lowest BCUT2D eigenvalue weighted by Crippen LogP contribution is -2.74. The fraction of sp³-hybridized carbons (Fsp3) is 0.433. The second kappa shape index (κ2) is 9.94. The first-order chi connectivity index (χ1) is 18.7. The number of carboxylic acids is 1. The van der Waals surface area contributed by atoms with Crippen molar-refractivity contribution < 1.29 is 43.9 Å². The summed E-state index contributed by atoms with van der Waals surface area (Å²) >= 11 is 0. The fourth-order valence-electron chi connectivity index (χ4n) is 6.90. The van der Waals surface area contributed by atoms with E-state index in [4.69, 9.17) is 14.2 Å². The van der Waals surface area contributed by atoms with E-state index in [-0.39, 0.29) is 44.2 Å². The Morgan fingerprint density at radius 2 is 1.85 bits per heavy atom. The van der Waals surface area contributed by atoms with Crippen LogP contribution in [0, 0.1) is 0 Å². The van der Waals surface area contributed by atoms with Gasteiger partial charge in [-0.2, -0.15) is 0 Å². The van der Waals surface area contributed by atoms with Crippen LogP contribution in [-0.2, 0) is 35.7 Å². The molecule has 2 aliphatic heterocycles. The molecule has 0 saturated carbocycles. The topological polar surface area (TPSA) is 143 Å². The molecular weight excluding hydrogens is 518 g/mol. The van der Waals surface area contributed by atoms with Crippen molar-refractivity contribution in [3.63, 3.8) is 0 Å². The number of likely N-dealkylation sites (N-methyl/N-ethyl adjacent to an activating group) is 1. The van der Waals surface area contributed by atoms with E-state index >= 15 is 0 Å². The van der Waals surface area contributed by atoms with Crippen molar-refractivity contribution >= 4 is 17.9 Å². The Hall–Kier alpha value is -3.89. The third-order valence-corrected chi connectivity index (χ3v) is 8.69. The van der Waals surface area contributed by atoms with Gasteiger partial charge in [0.2, 0.25) is 6.10 Å². The molecule has 40 heavy (non-hydrogen) atoms. The molecular formula is C30H33NO9. The number of piperidine rings is 1. The Labute approximate surface area is 231 Å². The number of phenols is 1. The first-order valence-electron chi connectivity index (χ1n) is 13.0. The number of likely N-dealkylation sites (tertiary alicyclic amines) is 1. The lowest BCUT2D eigenvalue weighted by Gasteiger charge is -2.61. The molecule has 1 saturated heterocycles. The van der Waals surface area contributed by atoms with Crippen LogP contribution in [-0.4, -0.2) is 69.5 Å². The Bertz CT molecular complexity index is 1390. The Morgan fingerprint density at radius 3 is 2.58 bits per heavy atom. The molecule has 2 heterocycles. The standard InChI is InChI=1S/C29H29NO9.CH4/c1-30-14-13-28-23-17-7-8-18(31)25(23)39-26(28)19(11-12-29(28,36)20(30)15-17)37-21(32)9-10-22(33)38-24(27(34)35)16-5-3-2-4-6-16;/h2-8,11,20,24,26,31,36H,9-10,12-15H2,1H3,(H,34,35);1H4/t20-,24+,26+,28+,29-;/m1./s1. The number of hydrogen-bond donors (Lipinski definition) is 3. The maximum atomic E-state index is 12.8. The largest absolute Gasteiger partial charge is 0.504 e. The van der Waals surface area contributed by atoms with Crippen LogP contribution >= 0.6 is 0 Å². The van der Waals surface area contributed by atoms with Crippen LogP contribution in [0.3, 0.4) is 0 Å². The van der Waals surface area contributed by atoms with E-state index < -0.39 is 41.1 Å². The Balaban J connectivity index is 0.00000323. The number of carbonyl (C=O) groups excluding carboxylic acids is 2. The van der Waals surface area contributed by atoms with Gasteiger partial charge in [0, 0.05) is 23.6 Å². The van der Waals surface area contributed by atoms with Crippen LogP contribution in [0.15, 0.2) is 54.3 Å². The van der Waals surface area contributed by atoms with E-state index in [1.165, 1.54) is 12.1 Å². The molecule has 2 aromatic rings. The van der Waals surface area contributed by atoms with Gasteiger partial charge in [-0.05, 0) is 44.1 Å². The van der Waals surface area contributed by atoms with Crippen LogP contribution in [0.1, 0.15) is 55.9 Å². The highest BCUT2D eigenvalue weighted by molar-refractivity contribution is 5.82. The van der Waals surface area contributed by atoms with Gasteiger partial charge in [-0.25, -0.2) is 4.79 Å². The number of carboxylic acid groups (broad SMARTS) is 1. The smallest absolute Gasteiger partial charge is 0.349 e. The molecule has 2 bridgehead atoms. The van der Waals surface area contributed by atoms with Crippen LogP contribution in [0.4, 0.5) is 0 Å². The van der Waals surface area contributed by atoms with E-state index in [0.717, 1.165) is 11.1 Å². The lowest BCUT2D eigenvalue weighted by atomic mass is 9.50. The molecule has 10 heteroatoms. The second-order valence-corrected chi connectivity index (χ2v) is 10.7. The van der Waals surface area contributed by atoms with Crippen molar-refractivity contribution in [3.8, 4) is 11.5 Å². The molecule has 5 atom stereocenters. The molecule has 0 aromatic heterocycles. The van der Waals surface area contributed by atoms with Gasteiger partial charge in [-0.1, -0.05) is 43.8 Å². The first kappa shape index (κ1) is 27.7. The highest BCUT2D eigenvalue weighted by Crippen LogP contribution is 2.65. The molecule has 1 spiro atoms. The molecule has 6 rings (SSSR count). The van der Waals surface area contributed by atoms with Gasteiger partial charge in [-0.3, -0.25) is 9.59 Å². The SMILES string of the molecule is C.CN1CC[C@]23c4c5ccc(O)c4O[C@H]2C(OC(=O)CCC(=O)O[C@H](C(=O)O)c2ccccc2)=CC[C@@]3(O)[C@H]1C5. The van der Waals surface area contributed by atoms with Gasteiger partial charge in [0.25, 0.3) is 0 Å². The number of ether oxygens (including phenoxy) is 3. The van der Waals surface area contributed by atoms with Crippen LogP contribution < -0.4 is 4.74 Å². The van der Waals surface area contributed by atoms with Crippen LogP contribution in [0.5, 0.6) is 11.5 Å². The minimum atomic E-state index is -1.48. The summed E-state index contributed by atoms with van der Waals surface area (Å²) in [6, 6.07) is 11.4. The van der Waals surface area contributed by atoms with Gasteiger partial charge in [0.05, 0.1) is 23.9 Å². The van der Waals surface area contributed by atoms with E-state index in [1.807, 2.05) is 13.1 Å². The predicted octanol–water partition coefficient (Wildman–Crippen LogP) is 3.00. The molecule has 212 valence electrons. The molecule has 3 N–H and O–H groups in total. The summed E-state index contributed by atoms with van der Waals surface area (Å²) in [4.78, 5) is 39.0. The number of hydrogen-bond acceptors (Lipinski definition) is 9. The number of nitrogens with zero attached hydrogens (tertiary/aromatic N) is 1. The van der Waals surface area contributed by atoms with Gasteiger partial charge in [0.15, 0.2) is 17.6 Å². The summed E-state index contributed by atoms with van der Waals surface area (Å²) in [7, 11) is 1.98. The van der Waals surface area contributed by atoms with Crippen LogP contribution in [0.2, 0.25) is 0 Å². The molecule has 10 nitrogen and oxygen atoms in total. The Kier molecular flexibility index (Phi) is 6.87. The summed E-state index contributed by atoms with van der Waals surface area (Å²) in [6.07, 6.45) is 0.0368. The normalized spacial score (nSPS) is 28.2. The predicted molar refractivity (Wildman–Crippen MR) is 142 cm³/mol. The maximum Gasteiger partial charge on any atom is 0.349 e. The summed E-state index contributed by atoms with van der Waals surface area (Å²) in [5.74, 6) is -2.36. The quantitative estimate of drug-likeness (QED) is 0.440. The van der Waals surface area contributed by atoms with Crippen molar-refractivity contribution in [1.82, 2.24) is 4.90 Å². The fourth-order valence-corrected chi connectivity index (χ4v) is 6.90. The number of rotatable bonds is 7. The maximum absolute atomic E-state index is 12.8. The first-order valence-corrected chi connectivity index (χ1v) is 13.0. The molecule has 0 radical (unpaired) electrons. The minimum absolute atomic E-state index is 0. The van der Waals surface area contributed by atoms with Crippen molar-refractivity contribution in [2.24, 2.45) is 0 Å². The molecule has 2 aromatic carbocycles. The number of aliphatic hydroxyl groups is 1. The zero-order chi connectivity index (χ0) is 27.5. The minimum Gasteiger partial charge on any atom is -0.504 e. The van der Waals surface area contributed by atoms with Gasteiger partial charge in [-0.15, -0.1) is 0 Å². The third-order valence-electron chi connectivity index (χ3n) is 8.69. The van der Waals surface area contributed by atoms with Crippen molar-refractivity contribution in [2.45, 2.75) is 68.8 Å². The number of aromatic hydroxyl groups is 1. The van der Waals surface area contributed by atoms with E-state index in [2.05, 4.69) is 4.90 Å². The highest BCUT2D eigenvalue weighted by Gasteiger charge is 2.72. The van der Waals surface area contributed by atoms with Crippen molar-refractivity contribution in [2.75, 3.05) is 13.6 Å². The van der Waals surface area contributed by atoms with Gasteiger partial charge >= 0.3 is 17.9 Å². The molecule has 1 fully saturated rings. The van der Waals surface area contributed by atoms with Gasteiger partial charge < -0.3 is 34.4 Å². The Morgan fingerprint density at radius 1 is 1.12 bits per heavy atom. The van der Waals surface area contributed by atoms with Gasteiger partial charge in [0.1, 0.15) is 5.76 Å². The molecule has 2 aliphatic carbocycles. The molecule has 0 amide bonds. The van der Waals surface area contributed by atoms with Crippen LogP contribution in [0.25, 0.3) is 0 Å². The zero-order valence-corrected chi connectivity index (χ0v) is 21.3. The monoisotopic (exact) mass is 551 g/mol. The average Bonchev–Trinajstić information content (AvgIpc) is 3.28. The zero-order valence-electron chi connectivity index (χ0n) is 21.3. The molecule has 4 aliphatic rings.